The number of carboxylic acid groups (broad SMARTS) is 4. The molecule has 9 heteroatoms. The summed E-state index contributed by atoms with van der Waals surface area (Å²) >= 11 is 0. The van der Waals surface area contributed by atoms with Crippen molar-refractivity contribution in [2.75, 3.05) is 0 Å². The smallest absolute Gasteiger partial charge is 0.354 e. The van der Waals surface area contributed by atoms with Crippen molar-refractivity contribution < 1.29 is 39.6 Å². The van der Waals surface area contributed by atoms with Crippen molar-refractivity contribution in [2.24, 2.45) is 0 Å². The Morgan fingerprint density at radius 2 is 0.958 bits per heavy atom. The molecule has 9 nitrogen and oxygen atoms in total. The monoisotopic (exact) mass is 331 g/mol. The highest BCUT2D eigenvalue weighted by atomic mass is 16.4. The third-order valence-corrected chi connectivity index (χ3v) is 3.02. The van der Waals surface area contributed by atoms with Crippen LogP contribution in [0.25, 0.3) is 11.1 Å². The van der Waals surface area contributed by atoms with Gasteiger partial charge in [0.25, 0.3) is 0 Å². The summed E-state index contributed by atoms with van der Waals surface area (Å²) in [7, 11) is 0. The maximum Gasteiger partial charge on any atom is 0.354 e. The first-order chi connectivity index (χ1) is 11.2. The molecule has 0 fully saturated rings. The molecule has 1 heterocycles. The lowest BCUT2D eigenvalue weighted by atomic mass is 9.99. The molecule has 0 spiro atoms. The van der Waals surface area contributed by atoms with Crippen molar-refractivity contribution in [3.05, 3.63) is 52.8 Å². The number of carboxylic acids is 4. The lowest BCUT2D eigenvalue weighted by Gasteiger charge is -2.08. The second-order valence-corrected chi connectivity index (χ2v) is 4.65. The molecule has 2 aromatic rings. The van der Waals surface area contributed by atoms with Crippen molar-refractivity contribution in [1.82, 2.24) is 4.98 Å². The van der Waals surface area contributed by atoms with Crippen LogP contribution in [0.5, 0.6) is 0 Å². The number of aromatic carboxylic acids is 4. The van der Waals surface area contributed by atoms with E-state index in [1.54, 1.807) is 0 Å². The SMILES string of the molecule is O=C(O)c1cc(C(=O)O)cc(-c2cc(C(=O)O)nc(C(=O)O)c2)c1. The molecule has 0 radical (unpaired) electrons. The summed E-state index contributed by atoms with van der Waals surface area (Å²) < 4.78 is 0. The van der Waals surface area contributed by atoms with Gasteiger partial charge in [-0.05, 0) is 41.5 Å². The van der Waals surface area contributed by atoms with E-state index in [9.17, 15) is 19.2 Å². The van der Waals surface area contributed by atoms with Gasteiger partial charge in [0.15, 0.2) is 0 Å². The molecule has 0 amide bonds. The number of aromatic nitrogens is 1. The van der Waals surface area contributed by atoms with E-state index in [1.165, 1.54) is 0 Å². The average Bonchev–Trinajstić information content (AvgIpc) is 2.53. The van der Waals surface area contributed by atoms with E-state index < -0.39 is 35.3 Å². The Morgan fingerprint density at radius 3 is 1.29 bits per heavy atom. The van der Waals surface area contributed by atoms with Crippen LogP contribution >= 0.6 is 0 Å². The predicted molar refractivity (Wildman–Crippen MR) is 77.5 cm³/mol. The summed E-state index contributed by atoms with van der Waals surface area (Å²) in [6, 6.07) is 5.22. The number of pyridine rings is 1. The first-order valence-electron chi connectivity index (χ1n) is 6.29. The summed E-state index contributed by atoms with van der Waals surface area (Å²) in [6.07, 6.45) is 0. The highest BCUT2D eigenvalue weighted by Gasteiger charge is 2.17. The van der Waals surface area contributed by atoms with Crippen LogP contribution < -0.4 is 0 Å². The van der Waals surface area contributed by atoms with E-state index in [0.717, 1.165) is 30.3 Å². The maximum atomic E-state index is 11.1. The predicted octanol–water partition coefficient (Wildman–Crippen LogP) is 1.54. The van der Waals surface area contributed by atoms with Crippen LogP contribution in [0.1, 0.15) is 41.7 Å². The number of benzene rings is 1. The number of rotatable bonds is 5. The Labute approximate surface area is 133 Å². The van der Waals surface area contributed by atoms with Gasteiger partial charge < -0.3 is 20.4 Å². The number of carbonyl (C=O) groups is 4. The van der Waals surface area contributed by atoms with Gasteiger partial charge in [0.2, 0.25) is 0 Å². The van der Waals surface area contributed by atoms with Gasteiger partial charge in [0, 0.05) is 0 Å². The fraction of sp³-hybridized carbons (Fsp3) is 0. The van der Waals surface area contributed by atoms with E-state index in [1.807, 2.05) is 0 Å². The number of hydrogen-bond acceptors (Lipinski definition) is 5. The molecule has 0 saturated heterocycles. The molecule has 0 aliphatic carbocycles. The lowest BCUT2D eigenvalue weighted by molar-refractivity contribution is 0.0669. The van der Waals surface area contributed by atoms with Crippen LogP contribution in [0.15, 0.2) is 30.3 Å². The van der Waals surface area contributed by atoms with Crippen LogP contribution in [0.3, 0.4) is 0 Å². The molecule has 0 aliphatic heterocycles. The molecule has 122 valence electrons. The minimum absolute atomic E-state index is 0.0189. The largest absolute Gasteiger partial charge is 0.478 e. The minimum atomic E-state index is -1.48. The summed E-state index contributed by atoms with van der Waals surface area (Å²) in [5.74, 6) is -5.73. The Morgan fingerprint density at radius 1 is 0.583 bits per heavy atom. The molecule has 1 aromatic heterocycles. The standard InChI is InChI=1S/C15H9NO8/c17-12(18)8-1-6(2-9(3-8)13(19)20)7-4-10(14(21)22)16-11(5-7)15(23)24/h1-5H,(H,17,18)(H,19,20)(H,21,22)(H,23,24). The molecule has 0 aliphatic rings. The fourth-order valence-electron chi connectivity index (χ4n) is 1.96. The van der Waals surface area contributed by atoms with Gasteiger partial charge in [-0.15, -0.1) is 0 Å². The minimum Gasteiger partial charge on any atom is -0.478 e. The number of nitrogens with zero attached hydrogens (tertiary/aromatic N) is 1. The van der Waals surface area contributed by atoms with Gasteiger partial charge in [-0.2, -0.15) is 0 Å². The van der Waals surface area contributed by atoms with E-state index >= 15 is 0 Å². The summed E-state index contributed by atoms with van der Waals surface area (Å²) in [5.41, 5.74) is -1.75. The van der Waals surface area contributed by atoms with Crippen LogP contribution in [0, 0.1) is 0 Å². The lowest BCUT2D eigenvalue weighted by Crippen LogP contribution is -2.08. The Bertz CT molecular complexity index is 749. The van der Waals surface area contributed by atoms with E-state index in [-0.39, 0.29) is 22.3 Å². The van der Waals surface area contributed by atoms with Crippen molar-refractivity contribution in [1.29, 1.82) is 0 Å². The maximum absolute atomic E-state index is 11.1. The van der Waals surface area contributed by atoms with Crippen LogP contribution in [-0.2, 0) is 0 Å². The molecule has 0 bridgehead atoms. The van der Waals surface area contributed by atoms with Gasteiger partial charge in [-0.3, -0.25) is 0 Å². The second-order valence-electron chi connectivity index (χ2n) is 4.65. The zero-order chi connectivity index (χ0) is 18.0. The Hall–Kier alpha value is -3.75. The zero-order valence-electron chi connectivity index (χ0n) is 11.8. The van der Waals surface area contributed by atoms with Crippen molar-refractivity contribution in [2.45, 2.75) is 0 Å². The van der Waals surface area contributed by atoms with Crippen LogP contribution in [-0.4, -0.2) is 49.3 Å². The molecular weight excluding hydrogens is 322 g/mol. The van der Waals surface area contributed by atoms with E-state index in [4.69, 9.17) is 20.4 Å². The van der Waals surface area contributed by atoms with Gasteiger partial charge in [0.05, 0.1) is 11.1 Å². The van der Waals surface area contributed by atoms with E-state index in [0.29, 0.717) is 0 Å². The topological polar surface area (TPSA) is 162 Å². The third kappa shape index (κ3) is 3.35. The Kier molecular flexibility index (Phi) is 4.27. The molecule has 0 unspecified atom stereocenters. The highest BCUT2D eigenvalue weighted by molar-refractivity contribution is 5.97. The van der Waals surface area contributed by atoms with Crippen molar-refractivity contribution >= 4 is 23.9 Å². The van der Waals surface area contributed by atoms with E-state index in [2.05, 4.69) is 4.98 Å². The summed E-state index contributed by atoms with van der Waals surface area (Å²) in [5, 5.41) is 36.1. The van der Waals surface area contributed by atoms with Gasteiger partial charge in [-0.1, -0.05) is 0 Å². The average molecular weight is 331 g/mol. The van der Waals surface area contributed by atoms with Gasteiger partial charge in [-0.25, -0.2) is 24.2 Å². The van der Waals surface area contributed by atoms with Gasteiger partial charge >= 0.3 is 23.9 Å². The van der Waals surface area contributed by atoms with Crippen molar-refractivity contribution in [3.63, 3.8) is 0 Å². The van der Waals surface area contributed by atoms with Crippen molar-refractivity contribution in [3.8, 4) is 11.1 Å². The number of hydrogen-bond donors (Lipinski definition) is 4. The molecule has 1 aromatic carbocycles. The van der Waals surface area contributed by atoms with Gasteiger partial charge in [0.1, 0.15) is 11.4 Å². The summed E-state index contributed by atoms with van der Waals surface area (Å²) in [6.45, 7) is 0. The fourth-order valence-corrected chi connectivity index (χ4v) is 1.96. The first kappa shape index (κ1) is 16.6. The molecular formula is C15H9NO8. The quantitative estimate of drug-likeness (QED) is 0.636. The van der Waals surface area contributed by atoms with Crippen LogP contribution in [0.4, 0.5) is 0 Å². The second kappa shape index (κ2) is 6.16. The Balaban J connectivity index is 2.74. The van der Waals surface area contributed by atoms with Crippen LogP contribution in [0.2, 0.25) is 0 Å². The first-order valence-corrected chi connectivity index (χ1v) is 6.29. The third-order valence-electron chi connectivity index (χ3n) is 3.02. The molecule has 0 saturated carbocycles. The molecule has 0 atom stereocenters. The molecule has 24 heavy (non-hydrogen) atoms. The molecule has 4 N–H and O–H groups in total. The normalized spacial score (nSPS) is 10.2. The highest BCUT2D eigenvalue weighted by Crippen LogP contribution is 2.24. The zero-order valence-corrected chi connectivity index (χ0v) is 11.8. The molecule has 2 rings (SSSR count). The summed E-state index contributed by atoms with van der Waals surface area (Å²) in [4.78, 5) is 47.8.